The topological polar surface area (TPSA) is 113 Å². The van der Waals surface area contributed by atoms with Gasteiger partial charge in [0.15, 0.2) is 5.60 Å². The molecule has 7 heteroatoms. The van der Waals surface area contributed by atoms with Crippen LogP contribution >= 0.6 is 0 Å². The number of carboxylic acids is 1. The molecule has 0 fully saturated rings. The molecule has 5 rings (SSSR count). The number of phenolic OH excluding ortho intramolecular Hbond substituents is 1. The highest BCUT2D eigenvalue weighted by molar-refractivity contribution is 5.98. The summed E-state index contributed by atoms with van der Waals surface area (Å²) in [7, 11) is 0. The molecule has 1 spiro atoms. The lowest BCUT2D eigenvalue weighted by Crippen LogP contribution is -2.33. The van der Waals surface area contributed by atoms with Crippen LogP contribution in [0, 0.1) is 0 Å². The summed E-state index contributed by atoms with van der Waals surface area (Å²) in [6.45, 7) is 0. The Bertz CT molecular complexity index is 1200. The van der Waals surface area contributed by atoms with E-state index >= 15 is 0 Å². The fourth-order valence-electron chi connectivity index (χ4n) is 3.87. The van der Waals surface area contributed by atoms with Gasteiger partial charge in [-0.2, -0.15) is 0 Å². The lowest BCUT2D eigenvalue weighted by molar-refractivity contribution is 0.0224. The van der Waals surface area contributed by atoms with Crippen molar-refractivity contribution in [3.05, 3.63) is 82.4 Å². The molecule has 7 nitrogen and oxygen atoms in total. The lowest BCUT2D eigenvalue weighted by atomic mass is 9.77. The second-order valence-corrected chi connectivity index (χ2v) is 6.57. The van der Waals surface area contributed by atoms with Crippen LogP contribution in [0.2, 0.25) is 0 Å². The molecule has 3 N–H and O–H groups in total. The van der Waals surface area contributed by atoms with Crippen LogP contribution in [0.25, 0.3) is 0 Å². The molecule has 2 heterocycles. The largest absolute Gasteiger partial charge is 0.508 e. The molecule has 3 aromatic rings. The molecule has 0 bridgehead atoms. The standard InChI is InChI=1S/C21H12O7/c22-10-5-6-14-17(7-10)27-18-9-16(23)12(19(24)25)8-15(18)21(14)13-4-2-1-3-11(13)20(26)28-21/h1-9,22-23H,(H,24,25). The first-order valence-electron chi connectivity index (χ1n) is 8.37. The average Bonchev–Trinajstić information content (AvgIpc) is 2.95. The second kappa shape index (κ2) is 5.26. The first-order valence-corrected chi connectivity index (χ1v) is 8.37. The molecule has 1 unspecified atom stereocenters. The highest BCUT2D eigenvalue weighted by Gasteiger charge is 2.53. The molecular weight excluding hydrogens is 364 g/mol. The number of aromatic carboxylic acids is 1. The summed E-state index contributed by atoms with van der Waals surface area (Å²) in [4.78, 5) is 24.2. The number of aromatic hydroxyl groups is 2. The summed E-state index contributed by atoms with van der Waals surface area (Å²) < 4.78 is 11.7. The van der Waals surface area contributed by atoms with Crippen molar-refractivity contribution >= 4 is 11.9 Å². The maximum absolute atomic E-state index is 12.6. The Balaban J connectivity index is 1.92. The van der Waals surface area contributed by atoms with E-state index in [2.05, 4.69) is 0 Å². The van der Waals surface area contributed by atoms with Gasteiger partial charge in [0.05, 0.1) is 5.56 Å². The van der Waals surface area contributed by atoms with E-state index in [1.54, 1.807) is 30.3 Å². The number of carbonyl (C=O) groups is 2. The number of rotatable bonds is 1. The van der Waals surface area contributed by atoms with Crippen LogP contribution in [0.15, 0.2) is 54.6 Å². The van der Waals surface area contributed by atoms with Crippen molar-refractivity contribution in [3.8, 4) is 23.0 Å². The number of hydrogen-bond acceptors (Lipinski definition) is 6. The Morgan fingerprint density at radius 3 is 2.43 bits per heavy atom. The molecule has 3 aromatic carbocycles. The third kappa shape index (κ3) is 1.92. The maximum Gasteiger partial charge on any atom is 0.340 e. The van der Waals surface area contributed by atoms with Gasteiger partial charge in [-0.05, 0) is 24.3 Å². The molecule has 0 radical (unpaired) electrons. The first-order chi connectivity index (χ1) is 13.4. The Kier molecular flexibility index (Phi) is 3.04. The molecule has 0 saturated heterocycles. The van der Waals surface area contributed by atoms with Crippen molar-refractivity contribution in [2.24, 2.45) is 0 Å². The van der Waals surface area contributed by atoms with E-state index in [0.717, 1.165) is 0 Å². The minimum absolute atomic E-state index is 0.0543. The SMILES string of the molecule is O=C(O)c1cc2c(cc1O)Oc1cc(O)ccc1C21OC(=O)c2ccccc21. The maximum atomic E-state index is 12.6. The fourth-order valence-corrected chi connectivity index (χ4v) is 3.87. The summed E-state index contributed by atoms with van der Waals surface area (Å²) in [6.07, 6.45) is 0. The van der Waals surface area contributed by atoms with E-state index in [9.17, 15) is 24.9 Å². The van der Waals surface area contributed by atoms with Gasteiger partial charge in [0.25, 0.3) is 0 Å². The van der Waals surface area contributed by atoms with Gasteiger partial charge < -0.3 is 24.8 Å². The van der Waals surface area contributed by atoms with Gasteiger partial charge in [-0.25, -0.2) is 9.59 Å². The van der Waals surface area contributed by atoms with Crippen LogP contribution in [0.1, 0.15) is 37.4 Å². The molecule has 0 aromatic heterocycles. The second-order valence-electron chi connectivity index (χ2n) is 6.57. The summed E-state index contributed by atoms with van der Waals surface area (Å²) in [6, 6.07) is 13.6. The van der Waals surface area contributed by atoms with E-state index in [0.29, 0.717) is 16.7 Å². The van der Waals surface area contributed by atoms with Crippen LogP contribution < -0.4 is 4.74 Å². The number of benzene rings is 3. The monoisotopic (exact) mass is 376 g/mol. The normalized spacial score (nSPS) is 18.6. The van der Waals surface area contributed by atoms with Crippen molar-refractivity contribution in [2.45, 2.75) is 5.60 Å². The number of hydrogen-bond donors (Lipinski definition) is 3. The van der Waals surface area contributed by atoms with Crippen molar-refractivity contribution in [2.75, 3.05) is 0 Å². The summed E-state index contributed by atoms with van der Waals surface area (Å²) in [5.74, 6) is -2.06. The smallest absolute Gasteiger partial charge is 0.340 e. The van der Waals surface area contributed by atoms with Crippen LogP contribution in [0.5, 0.6) is 23.0 Å². The van der Waals surface area contributed by atoms with E-state index < -0.39 is 23.3 Å². The molecule has 138 valence electrons. The molecule has 0 aliphatic carbocycles. The van der Waals surface area contributed by atoms with E-state index in [1.165, 1.54) is 24.3 Å². The molecule has 2 aliphatic heterocycles. The predicted molar refractivity (Wildman–Crippen MR) is 95.0 cm³/mol. The zero-order chi connectivity index (χ0) is 19.6. The highest BCUT2D eigenvalue weighted by atomic mass is 16.6. The number of carboxylic acid groups (broad SMARTS) is 1. The van der Waals surface area contributed by atoms with Gasteiger partial charge >= 0.3 is 11.9 Å². The molecule has 2 aliphatic rings. The van der Waals surface area contributed by atoms with Gasteiger partial charge in [-0.15, -0.1) is 0 Å². The van der Waals surface area contributed by atoms with Crippen molar-refractivity contribution in [1.82, 2.24) is 0 Å². The van der Waals surface area contributed by atoms with Gasteiger partial charge in [-0.3, -0.25) is 0 Å². The van der Waals surface area contributed by atoms with Gasteiger partial charge in [0, 0.05) is 28.8 Å². The van der Waals surface area contributed by atoms with Crippen molar-refractivity contribution in [1.29, 1.82) is 0 Å². The summed E-state index contributed by atoms with van der Waals surface area (Å²) >= 11 is 0. The third-order valence-corrected chi connectivity index (χ3v) is 5.04. The number of fused-ring (bicyclic) bond motifs is 6. The Morgan fingerprint density at radius 2 is 1.64 bits per heavy atom. The Hall–Kier alpha value is -4.00. The molecule has 0 saturated carbocycles. The van der Waals surface area contributed by atoms with Gasteiger partial charge in [0.2, 0.25) is 0 Å². The first kappa shape index (κ1) is 16.2. The lowest BCUT2D eigenvalue weighted by Gasteiger charge is -2.36. The van der Waals surface area contributed by atoms with E-state index in [1.807, 2.05) is 0 Å². The fraction of sp³-hybridized carbons (Fsp3) is 0.0476. The van der Waals surface area contributed by atoms with Crippen LogP contribution in [-0.2, 0) is 10.3 Å². The molecular formula is C21H12O7. The van der Waals surface area contributed by atoms with Gasteiger partial charge in [-0.1, -0.05) is 18.2 Å². The minimum Gasteiger partial charge on any atom is -0.508 e. The number of ether oxygens (including phenoxy) is 2. The Labute approximate surface area is 158 Å². The number of carbonyl (C=O) groups excluding carboxylic acids is 1. The number of esters is 1. The van der Waals surface area contributed by atoms with Crippen LogP contribution in [0.3, 0.4) is 0 Å². The highest BCUT2D eigenvalue weighted by Crippen LogP contribution is 2.57. The average molecular weight is 376 g/mol. The van der Waals surface area contributed by atoms with Crippen LogP contribution in [0.4, 0.5) is 0 Å². The van der Waals surface area contributed by atoms with Crippen molar-refractivity contribution < 1.29 is 34.4 Å². The quantitative estimate of drug-likeness (QED) is 0.558. The summed E-state index contributed by atoms with van der Waals surface area (Å²) in [5.41, 5.74) is -0.207. The van der Waals surface area contributed by atoms with Gasteiger partial charge in [0.1, 0.15) is 28.6 Å². The molecule has 1 atom stereocenters. The minimum atomic E-state index is -1.46. The third-order valence-electron chi connectivity index (χ3n) is 5.04. The van der Waals surface area contributed by atoms with Crippen molar-refractivity contribution in [3.63, 3.8) is 0 Å². The van der Waals surface area contributed by atoms with E-state index in [4.69, 9.17) is 9.47 Å². The summed E-state index contributed by atoms with van der Waals surface area (Å²) in [5, 5.41) is 29.4. The predicted octanol–water partition coefficient (Wildman–Crippen LogP) is 3.36. The van der Waals surface area contributed by atoms with E-state index in [-0.39, 0.29) is 28.4 Å². The molecule has 0 amide bonds. The Morgan fingerprint density at radius 1 is 0.893 bits per heavy atom. The zero-order valence-corrected chi connectivity index (χ0v) is 14.2. The number of phenols is 2. The molecule has 28 heavy (non-hydrogen) atoms. The zero-order valence-electron chi connectivity index (χ0n) is 14.2. The van der Waals surface area contributed by atoms with Crippen LogP contribution in [-0.4, -0.2) is 27.3 Å².